The minimum Gasteiger partial charge on any atom is -0.354 e. The van der Waals surface area contributed by atoms with E-state index in [-0.39, 0.29) is 12.5 Å². The highest BCUT2D eigenvalue weighted by Crippen LogP contribution is 2.36. The first kappa shape index (κ1) is 21.8. The van der Waals surface area contributed by atoms with Crippen molar-refractivity contribution in [2.45, 2.75) is 25.8 Å². The molecule has 7 heteroatoms. The number of benzene rings is 2. The zero-order valence-corrected chi connectivity index (χ0v) is 18.9. The number of hydrogen-bond donors (Lipinski definition) is 2. The minimum absolute atomic E-state index is 0.325. The predicted octanol–water partition coefficient (Wildman–Crippen LogP) is 3.52. The predicted molar refractivity (Wildman–Crippen MR) is 124 cm³/mol. The Hall–Kier alpha value is -3.45. The van der Waals surface area contributed by atoms with Gasteiger partial charge in [0.15, 0.2) is 5.54 Å². The molecule has 32 heavy (non-hydrogen) atoms. The zero-order chi connectivity index (χ0) is 22.7. The SMILES string of the molecule is Cc1ccc(C2(c3ccccc3)NC(=O)N(CC(=O)NCCc3cccs3)C2=O)cc1C. The number of nitrogens with one attached hydrogen (secondary N) is 2. The first-order valence-corrected chi connectivity index (χ1v) is 11.4. The molecule has 2 aromatic carbocycles. The highest BCUT2D eigenvalue weighted by Gasteiger charge is 2.54. The molecular formula is C25H25N3O3S. The van der Waals surface area contributed by atoms with Crippen molar-refractivity contribution in [1.29, 1.82) is 0 Å². The van der Waals surface area contributed by atoms with Crippen LogP contribution in [0.25, 0.3) is 0 Å². The van der Waals surface area contributed by atoms with E-state index in [4.69, 9.17) is 0 Å². The van der Waals surface area contributed by atoms with Crippen molar-refractivity contribution in [3.63, 3.8) is 0 Å². The molecule has 1 atom stereocenters. The number of hydrogen-bond acceptors (Lipinski definition) is 4. The number of thiophene rings is 1. The number of nitrogens with zero attached hydrogens (tertiary/aromatic N) is 1. The second-order valence-corrected chi connectivity index (χ2v) is 8.95. The summed E-state index contributed by atoms with van der Waals surface area (Å²) in [5, 5.41) is 7.68. The van der Waals surface area contributed by atoms with E-state index in [1.54, 1.807) is 11.3 Å². The molecule has 2 N–H and O–H groups in total. The van der Waals surface area contributed by atoms with Crippen LogP contribution in [-0.4, -0.2) is 35.8 Å². The van der Waals surface area contributed by atoms with Crippen LogP contribution in [-0.2, 0) is 21.5 Å². The maximum Gasteiger partial charge on any atom is 0.326 e. The number of aryl methyl sites for hydroxylation is 2. The molecule has 0 aliphatic carbocycles. The molecule has 2 heterocycles. The van der Waals surface area contributed by atoms with Crippen LogP contribution in [0.5, 0.6) is 0 Å². The van der Waals surface area contributed by atoms with Crippen LogP contribution in [0.2, 0.25) is 0 Å². The average Bonchev–Trinajstić information content (AvgIpc) is 3.39. The van der Waals surface area contributed by atoms with E-state index in [0.29, 0.717) is 24.1 Å². The maximum absolute atomic E-state index is 13.7. The lowest BCUT2D eigenvalue weighted by molar-refractivity contribution is -0.134. The first-order chi connectivity index (χ1) is 15.4. The van der Waals surface area contributed by atoms with Gasteiger partial charge in [-0.05, 0) is 54.0 Å². The van der Waals surface area contributed by atoms with Crippen molar-refractivity contribution < 1.29 is 14.4 Å². The molecule has 6 nitrogen and oxygen atoms in total. The summed E-state index contributed by atoms with van der Waals surface area (Å²) in [6.45, 7) is 4.09. The summed E-state index contributed by atoms with van der Waals surface area (Å²) >= 11 is 1.63. The van der Waals surface area contributed by atoms with E-state index in [0.717, 1.165) is 20.9 Å². The van der Waals surface area contributed by atoms with Crippen molar-refractivity contribution in [2.75, 3.05) is 13.1 Å². The van der Waals surface area contributed by atoms with Gasteiger partial charge in [0.2, 0.25) is 5.91 Å². The fourth-order valence-electron chi connectivity index (χ4n) is 3.92. The molecular weight excluding hydrogens is 422 g/mol. The molecule has 4 amide bonds. The van der Waals surface area contributed by atoms with E-state index in [9.17, 15) is 14.4 Å². The zero-order valence-electron chi connectivity index (χ0n) is 18.1. The van der Waals surface area contributed by atoms with Gasteiger partial charge in [0, 0.05) is 11.4 Å². The average molecular weight is 448 g/mol. The van der Waals surface area contributed by atoms with Gasteiger partial charge >= 0.3 is 6.03 Å². The minimum atomic E-state index is -1.37. The molecule has 1 fully saturated rings. The summed E-state index contributed by atoms with van der Waals surface area (Å²) in [4.78, 5) is 41.3. The molecule has 0 radical (unpaired) electrons. The van der Waals surface area contributed by atoms with Crippen molar-refractivity contribution in [2.24, 2.45) is 0 Å². The Morgan fingerprint density at radius 3 is 2.47 bits per heavy atom. The van der Waals surface area contributed by atoms with Crippen LogP contribution in [0.4, 0.5) is 4.79 Å². The summed E-state index contributed by atoms with van der Waals surface area (Å²) < 4.78 is 0. The van der Waals surface area contributed by atoms with Gasteiger partial charge < -0.3 is 10.6 Å². The summed E-state index contributed by atoms with van der Waals surface area (Å²) in [5.74, 6) is -0.820. The van der Waals surface area contributed by atoms with Gasteiger partial charge in [-0.15, -0.1) is 11.3 Å². The third-order valence-corrected chi connectivity index (χ3v) is 6.76. The van der Waals surface area contributed by atoms with Crippen LogP contribution in [0.3, 0.4) is 0 Å². The van der Waals surface area contributed by atoms with Crippen LogP contribution in [0, 0.1) is 13.8 Å². The van der Waals surface area contributed by atoms with Crippen molar-refractivity contribution in [3.8, 4) is 0 Å². The Bertz CT molecular complexity index is 1140. The molecule has 1 aliphatic heterocycles. The highest BCUT2D eigenvalue weighted by molar-refractivity contribution is 7.09. The fourth-order valence-corrected chi connectivity index (χ4v) is 4.63. The highest BCUT2D eigenvalue weighted by atomic mass is 32.1. The number of carbonyl (C=O) groups is 3. The van der Waals surface area contributed by atoms with Crippen LogP contribution < -0.4 is 10.6 Å². The number of amides is 4. The lowest BCUT2D eigenvalue weighted by atomic mass is 9.81. The van der Waals surface area contributed by atoms with Crippen LogP contribution in [0.15, 0.2) is 66.0 Å². The molecule has 1 saturated heterocycles. The van der Waals surface area contributed by atoms with Gasteiger partial charge in [-0.2, -0.15) is 0 Å². The number of rotatable bonds is 7. The standard InChI is InChI=1S/C25H25N3O3S/c1-17-10-11-20(15-18(17)2)25(19-7-4-3-5-8-19)23(30)28(24(31)27-25)16-22(29)26-13-12-21-9-6-14-32-21/h3-11,14-15H,12-13,16H2,1-2H3,(H,26,29)(H,27,31). The maximum atomic E-state index is 13.7. The third kappa shape index (κ3) is 4.03. The Labute approximate surface area is 191 Å². The van der Waals surface area contributed by atoms with Crippen molar-refractivity contribution in [1.82, 2.24) is 15.5 Å². The van der Waals surface area contributed by atoms with E-state index >= 15 is 0 Å². The topological polar surface area (TPSA) is 78.5 Å². The number of imide groups is 1. The van der Waals surface area contributed by atoms with Gasteiger partial charge in [-0.3, -0.25) is 14.5 Å². The van der Waals surface area contributed by atoms with Crippen LogP contribution in [0.1, 0.15) is 27.1 Å². The molecule has 1 aliphatic rings. The second kappa shape index (κ2) is 8.96. The summed E-state index contributed by atoms with van der Waals surface area (Å²) in [5.41, 5.74) is 2.07. The lowest BCUT2D eigenvalue weighted by Crippen LogP contribution is -2.46. The molecule has 164 valence electrons. The molecule has 1 unspecified atom stereocenters. The van der Waals surface area contributed by atoms with E-state index in [2.05, 4.69) is 10.6 Å². The molecule has 1 aromatic heterocycles. The lowest BCUT2D eigenvalue weighted by Gasteiger charge is -2.28. The van der Waals surface area contributed by atoms with Gasteiger partial charge in [-0.25, -0.2) is 4.79 Å². The molecule has 3 aromatic rings. The largest absolute Gasteiger partial charge is 0.354 e. The molecule has 0 saturated carbocycles. The second-order valence-electron chi connectivity index (χ2n) is 7.92. The van der Waals surface area contributed by atoms with Gasteiger partial charge in [0.05, 0.1) is 0 Å². The van der Waals surface area contributed by atoms with Crippen molar-refractivity contribution in [3.05, 3.63) is 93.2 Å². The molecule has 0 bridgehead atoms. The Morgan fingerprint density at radius 2 is 1.78 bits per heavy atom. The normalized spacial score (nSPS) is 18.0. The first-order valence-electron chi connectivity index (χ1n) is 10.5. The summed E-state index contributed by atoms with van der Waals surface area (Å²) in [6.07, 6.45) is 0.708. The quantitative estimate of drug-likeness (QED) is 0.544. The van der Waals surface area contributed by atoms with E-state index < -0.39 is 17.5 Å². The Kier molecular flexibility index (Phi) is 6.10. The van der Waals surface area contributed by atoms with E-state index in [1.165, 1.54) is 0 Å². The van der Waals surface area contributed by atoms with Crippen molar-refractivity contribution >= 4 is 29.2 Å². The van der Waals surface area contributed by atoms with Gasteiger partial charge in [0.1, 0.15) is 6.54 Å². The number of carbonyl (C=O) groups excluding carboxylic acids is 3. The molecule has 4 rings (SSSR count). The summed E-state index contributed by atoms with van der Waals surface area (Å²) in [6, 6.07) is 18.3. The Balaban J connectivity index is 1.59. The molecule has 0 spiro atoms. The van der Waals surface area contributed by atoms with E-state index in [1.807, 2.05) is 79.9 Å². The smallest absolute Gasteiger partial charge is 0.326 e. The summed E-state index contributed by atoms with van der Waals surface area (Å²) in [7, 11) is 0. The number of urea groups is 1. The van der Waals surface area contributed by atoms with Gasteiger partial charge in [0.25, 0.3) is 5.91 Å². The fraction of sp³-hybridized carbons (Fsp3) is 0.240. The Morgan fingerprint density at radius 1 is 1.00 bits per heavy atom. The van der Waals surface area contributed by atoms with Crippen LogP contribution >= 0.6 is 11.3 Å². The third-order valence-electron chi connectivity index (χ3n) is 5.83. The monoisotopic (exact) mass is 447 g/mol. The van der Waals surface area contributed by atoms with Gasteiger partial charge in [-0.1, -0.05) is 54.6 Å².